The van der Waals surface area contributed by atoms with E-state index >= 15 is 0 Å². The molecule has 2 heterocycles. The molecule has 4 aromatic rings. The van der Waals surface area contributed by atoms with Crippen LogP contribution in [-0.2, 0) is 17.8 Å². The molecule has 5 rings (SSSR count). The second-order valence-corrected chi connectivity index (χ2v) is 9.26. The molecule has 0 radical (unpaired) electrons. The van der Waals surface area contributed by atoms with Crippen LogP contribution in [0.4, 0.5) is 0 Å². The van der Waals surface area contributed by atoms with Gasteiger partial charge in [0.05, 0.1) is 17.8 Å². The van der Waals surface area contributed by atoms with Gasteiger partial charge in [-0.2, -0.15) is 0 Å². The molecule has 2 aromatic carbocycles. The number of rotatable bonds is 5. The Labute approximate surface area is 190 Å². The largest absolute Gasteiger partial charge is 0.349 e. The van der Waals surface area contributed by atoms with Gasteiger partial charge < -0.3 is 5.32 Å². The molecule has 0 saturated heterocycles. The molecule has 0 fully saturated rings. The Hall–Kier alpha value is -3.25. The molecular formula is C26H25N3O2S. The van der Waals surface area contributed by atoms with Crippen molar-refractivity contribution in [2.24, 2.45) is 0 Å². The number of aromatic nitrogens is 2. The van der Waals surface area contributed by atoms with Crippen LogP contribution < -0.4 is 10.9 Å². The van der Waals surface area contributed by atoms with E-state index in [9.17, 15) is 9.59 Å². The summed E-state index contributed by atoms with van der Waals surface area (Å²) in [6, 6.07) is 16.5. The number of fused-ring (bicyclic) bond motifs is 2. The number of carbonyl (C=O) groups excluding carboxylic acids is 1. The van der Waals surface area contributed by atoms with Crippen LogP contribution in [0.3, 0.4) is 0 Å². The first kappa shape index (κ1) is 20.6. The lowest BCUT2D eigenvalue weighted by Crippen LogP contribution is -2.32. The molecule has 0 saturated carbocycles. The third-order valence-electron chi connectivity index (χ3n) is 6.21. The van der Waals surface area contributed by atoms with Crippen molar-refractivity contribution in [3.8, 4) is 11.1 Å². The number of aryl methyl sites for hydroxylation is 3. The number of hydrogen-bond acceptors (Lipinski definition) is 4. The minimum atomic E-state index is -0.0948. The van der Waals surface area contributed by atoms with Crippen LogP contribution in [0.2, 0.25) is 0 Å². The Bertz CT molecular complexity index is 1340. The first-order valence-corrected chi connectivity index (χ1v) is 11.9. The van der Waals surface area contributed by atoms with E-state index in [4.69, 9.17) is 0 Å². The third-order valence-corrected chi connectivity index (χ3v) is 7.09. The van der Waals surface area contributed by atoms with Gasteiger partial charge in [-0.15, -0.1) is 11.3 Å². The van der Waals surface area contributed by atoms with Crippen LogP contribution in [0, 0.1) is 6.92 Å². The van der Waals surface area contributed by atoms with E-state index in [0.717, 1.165) is 35.2 Å². The molecule has 32 heavy (non-hydrogen) atoms. The highest BCUT2D eigenvalue weighted by atomic mass is 32.1. The molecule has 1 unspecified atom stereocenters. The molecule has 1 aliphatic rings. The maximum absolute atomic E-state index is 13.2. The van der Waals surface area contributed by atoms with E-state index in [1.165, 1.54) is 28.0 Å². The Balaban J connectivity index is 1.33. The maximum atomic E-state index is 13.2. The predicted molar refractivity (Wildman–Crippen MR) is 129 cm³/mol. The van der Waals surface area contributed by atoms with Gasteiger partial charge in [-0.05, 0) is 42.9 Å². The maximum Gasteiger partial charge on any atom is 0.262 e. The lowest BCUT2D eigenvalue weighted by molar-refractivity contribution is -0.122. The zero-order valence-electron chi connectivity index (χ0n) is 18.0. The molecule has 162 valence electrons. The van der Waals surface area contributed by atoms with Gasteiger partial charge >= 0.3 is 0 Å². The molecule has 1 aliphatic carbocycles. The summed E-state index contributed by atoms with van der Waals surface area (Å²) in [5.41, 5.74) is 5.52. The minimum Gasteiger partial charge on any atom is -0.349 e. The van der Waals surface area contributed by atoms with Gasteiger partial charge in [-0.3, -0.25) is 14.2 Å². The van der Waals surface area contributed by atoms with Crippen molar-refractivity contribution in [3.05, 3.63) is 87.3 Å². The van der Waals surface area contributed by atoms with Crippen LogP contribution in [0.1, 0.15) is 42.0 Å². The van der Waals surface area contributed by atoms with Crippen molar-refractivity contribution >= 4 is 27.5 Å². The van der Waals surface area contributed by atoms with E-state index in [1.54, 1.807) is 10.9 Å². The van der Waals surface area contributed by atoms with E-state index in [0.29, 0.717) is 11.9 Å². The SMILES string of the molecule is Cc1ccc(-c2csc3ncn(CCC(=O)NC4CCCc5ccccc54)c(=O)c23)cc1. The predicted octanol–water partition coefficient (Wildman–Crippen LogP) is 5.02. The lowest BCUT2D eigenvalue weighted by atomic mass is 9.88. The molecule has 5 nitrogen and oxygen atoms in total. The van der Waals surface area contributed by atoms with Crippen LogP contribution in [0.15, 0.2) is 65.0 Å². The van der Waals surface area contributed by atoms with Crippen molar-refractivity contribution in [3.63, 3.8) is 0 Å². The smallest absolute Gasteiger partial charge is 0.262 e. The van der Waals surface area contributed by atoms with E-state index in [2.05, 4.69) is 22.4 Å². The topological polar surface area (TPSA) is 64.0 Å². The molecule has 0 bridgehead atoms. The summed E-state index contributed by atoms with van der Waals surface area (Å²) in [7, 11) is 0. The summed E-state index contributed by atoms with van der Waals surface area (Å²) in [6.45, 7) is 2.35. The number of amides is 1. The average molecular weight is 444 g/mol. The second-order valence-electron chi connectivity index (χ2n) is 8.40. The first-order valence-electron chi connectivity index (χ1n) is 11.0. The zero-order chi connectivity index (χ0) is 22.1. The third kappa shape index (κ3) is 3.98. The molecule has 1 N–H and O–H groups in total. The Kier molecular flexibility index (Phi) is 5.62. The van der Waals surface area contributed by atoms with Gasteiger partial charge in [0, 0.05) is 23.9 Å². The molecule has 1 atom stereocenters. The molecular weight excluding hydrogens is 418 g/mol. The number of nitrogens with zero attached hydrogens (tertiary/aromatic N) is 2. The highest BCUT2D eigenvalue weighted by molar-refractivity contribution is 7.17. The van der Waals surface area contributed by atoms with Gasteiger partial charge in [0.25, 0.3) is 5.56 Å². The van der Waals surface area contributed by atoms with Gasteiger partial charge in [0.15, 0.2) is 0 Å². The number of thiophene rings is 1. The Morgan fingerprint density at radius 3 is 2.84 bits per heavy atom. The van der Waals surface area contributed by atoms with Gasteiger partial charge in [-0.1, -0.05) is 54.1 Å². The lowest BCUT2D eigenvalue weighted by Gasteiger charge is -2.26. The van der Waals surface area contributed by atoms with E-state index in [1.807, 2.05) is 48.7 Å². The molecule has 1 amide bonds. The molecule has 0 spiro atoms. The van der Waals surface area contributed by atoms with Crippen molar-refractivity contribution < 1.29 is 4.79 Å². The van der Waals surface area contributed by atoms with Crippen LogP contribution in [-0.4, -0.2) is 15.5 Å². The highest BCUT2D eigenvalue weighted by Gasteiger charge is 2.21. The van der Waals surface area contributed by atoms with Crippen LogP contribution in [0.25, 0.3) is 21.3 Å². The normalized spacial score (nSPS) is 15.5. The van der Waals surface area contributed by atoms with Gasteiger partial charge in [-0.25, -0.2) is 4.98 Å². The van der Waals surface area contributed by atoms with Crippen molar-refractivity contribution in [2.45, 2.75) is 45.2 Å². The Morgan fingerprint density at radius 2 is 2.00 bits per heavy atom. The fraction of sp³-hybridized carbons (Fsp3) is 0.269. The number of hydrogen-bond donors (Lipinski definition) is 1. The monoisotopic (exact) mass is 443 g/mol. The van der Waals surface area contributed by atoms with E-state index in [-0.39, 0.29) is 23.9 Å². The Morgan fingerprint density at radius 1 is 1.19 bits per heavy atom. The van der Waals surface area contributed by atoms with Crippen molar-refractivity contribution in [1.29, 1.82) is 0 Å². The van der Waals surface area contributed by atoms with Crippen LogP contribution in [0.5, 0.6) is 0 Å². The molecule has 2 aromatic heterocycles. The number of nitrogens with one attached hydrogen (secondary N) is 1. The summed E-state index contributed by atoms with van der Waals surface area (Å²) in [4.78, 5) is 31.1. The number of carbonyl (C=O) groups is 1. The highest BCUT2D eigenvalue weighted by Crippen LogP contribution is 2.31. The van der Waals surface area contributed by atoms with E-state index < -0.39 is 0 Å². The van der Waals surface area contributed by atoms with Crippen LogP contribution >= 0.6 is 11.3 Å². The fourth-order valence-electron chi connectivity index (χ4n) is 4.46. The van der Waals surface area contributed by atoms with Crippen molar-refractivity contribution in [1.82, 2.24) is 14.9 Å². The quantitative estimate of drug-likeness (QED) is 0.471. The van der Waals surface area contributed by atoms with Gasteiger partial charge in [0.2, 0.25) is 5.91 Å². The summed E-state index contributed by atoms with van der Waals surface area (Å²) < 4.78 is 1.56. The molecule has 6 heteroatoms. The second kappa shape index (κ2) is 8.71. The van der Waals surface area contributed by atoms with Crippen molar-refractivity contribution in [2.75, 3.05) is 0 Å². The minimum absolute atomic E-state index is 0.0391. The average Bonchev–Trinajstić information content (AvgIpc) is 3.24. The summed E-state index contributed by atoms with van der Waals surface area (Å²) in [5.74, 6) is -0.0391. The summed E-state index contributed by atoms with van der Waals surface area (Å²) in [5, 5.41) is 5.78. The fourth-order valence-corrected chi connectivity index (χ4v) is 5.37. The number of benzene rings is 2. The molecule has 0 aliphatic heterocycles. The van der Waals surface area contributed by atoms with Gasteiger partial charge in [0.1, 0.15) is 4.83 Å². The zero-order valence-corrected chi connectivity index (χ0v) is 18.8. The summed E-state index contributed by atoms with van der Waals surface area (Å²) >= 11 is 1.47. The summed E-state index contributed by atoms with van der Waals surface area (Å²) in [6.07, 6.45) is 4.89. The standard InChI is InChI=1S/C26H25N3O2S/c1-17-9-11-19(12-10-17)21-15-32-25-24(21)26(31)29(16-27-25)14-13-23(30)28-22-8-4-6-18-5-2-3-7-20(18)22/h2-3,5,7,9-12,15-16,22H,4,6,8,13-14H2,1H3,(H,28,30). The first-order chi connectivity index (χ1) is 15.6.